The van der Waals surface area contributed by atoms with Crippen molar-refractivity contribution in [1.82, 2.24) is 9.55 Å². The third-order valence-corrected chi connectivity index (χ3v) is 3.73. The van der Waals surface area contributed by atoms with E-state index in [2.05, 4.69) is 4.98 Å². The lowest BCUT2D eigenvalue weighted by Crippen LogP contribution is -2.13. The smallest absolute Gasteiger partial charge is 0.323 e. The van der Waals surface area contributed by atoms with Crippen LogP contribution >= 0.6 is 0 Å². The molecule has 5 heteroatoms. The van der Waals surface area contributed by atoms with Crippen molar-refractivity contribution in [3.63, 3.8) is 0 Å². The molecule has 0 aliphatic heterocycles. The lowest BCUT2D eigenvalue weighted by atomic mass is 10.1. The van der Waals surface area contributed by atoms with Crippen molar-refractivity contribution in [2.24, 2.45) is 0 Å². The van der Waals surface area contributed by atoms with Gasteiger partial charge in [-0.2, -0.15) is 0 Å². The lowest BCUT2D eigenvalue weighted by molar-refractivity contribution is -0.137. The van der Waals surface area contributed by atoms with Crippen molar-refractivity contribution in [2.75, 3.05) is 0 Å². The van der Waals surface area contributed by atoms with Crippen LogP contribution in [0.3, 0.4) is 0 Å². The quantitative estimate of drug-likeness (QED) is 0.785. The van der Waals surface area contributed by atoms with E-state index in [1.165, 1.54) is 0 Å². The summed E-state index contributed by atoms with van der Waals surface area (Å²) in [4.78, 5) is 15.7. The van der Waals surface area contributed by atoms with Crippen LogP contribution in [0.25, 0.3) is 11.0 Å². The lowest BCUT2D eigenvalue weighted by Gasteiger charge is -2.11. The molecule has 3 rings (SSSR count). The second kappa shape index (κ2) is 6.12. The van der Waals surface area contributed by atoms with Gasteiger partial charge in [0.25, 0.3) is 0 Å². The molecule has 0 aliphatic rings. The first-order valence-electron chi connectivity index (χ1n) is 7.40. The van der Waals surface area contributed by atoms with E-state index in [0.29, 0.717) is 5.82 Å². The molecule has 1 heterocycles. The fourth-order valence-corrected chi connectivity index (χ4v) is 2.55. The molecule has 5 nitrogen and oxygen atoms in total. The summed E-state index contributed by atoms with van der Waals surface area (Å²) in [6, 6.07) is 13.5. The van der Waals surface area contributed by atoms with Crippen molar-refractivity contribution in [2.45, 2.75) is 27.0 Å². The molecule has 3 aromatic rings. The van der Waals surface area contributed by atoms with Crippen molar-refractivity contribution in [1.29, 1.82) is 0 Å². The number of hydrogen-bond donors (Lipinski definition) is 1. The van der Waals surface area contributed by atoms with E-state index in [-0.39, 0.29) is 13.2 Å². The molecule has 1 N–H and O–H groups in total. The van der Waals surface area contributed by atoms with Crippen LogP contribution in [0.4, 0.5) is 0 Å². The van der Waals surface area contributed by atoms with Crippen LogP contribution in [0.15, 0.2) is 42.5 Å². The number of aryl methyl sites for hydroxylation is 2. The minimum Gasteiger partial charge on any atom is -0.485 e. The van der Waals surface area contributed by atoms with Crippen LogP contribution in [0.1, 0.15) is 17.0 Å². The average Bonchev–Trinajstić information content (AvgIpc) is 2.86. The predicted octanol–water partition coefficient (Wildman–Crippen LogP) is 3.32. The van der Waals surface area contributed by atoms with E-state index in [9.17, 15) is 4.79 Å². The van der Waals surface area contributed by atoms with Gasteiger partial charge >= 0.3 is 5.97 Å². The number of carboxylic acids is 1. The van der Waals surface area contributed by atoms with E-state index in [4.69, 9.17) is 9.84 Å². The topological polar surface area (TPSA) is 64.4 Å². The maximum Gasteiger partial charge on any atom is 0.323 e. The monoisotopic (exact) mass is 310 g/mol. The standard InChI is InChI=1S/C18H18N2O3/c1-12-7-8-13(2)16(9-12)23-11-17-19-14-5-3-4-6-15(14)20(17)10-18(21)22/h3-9H,10-11H2,1-2H3,(H,21,22). The Labute approximate surface area is 134 Å². The van der Waals surface area contributed by atoms with Crippen LogP contribution in [-0.2, 0) is 17.9 Å². The third kappa shape index (κ3) is 3.18. The second-order valence-electron chi connectivity index (χ2n) is 5.55. The van der Waals surface area contributed by atoms with E-state index >= 15 is 0 Å². The number of rotatable bonds is 5. The number of aromatic nitrogens is 2. The molecular formula is C18H18N2O3. The van der Waals surface area contributed by atoms with Crippen LogP contribution in [0, 0.1) is 13.8 Å². The summed E-state index contributed by atoms with van der Waals surface area (Å²) in [5.74, 6) is 0.495. The van der Waals surface area contributed by atoms with Gasteiger partial charge in [0.15, 0.2) is 0 Å². The number of carboxylic acid groups (broad SMARTS) is 1. The summed E-state index contributed by atoms with van der Waals surface area (Å²) in [6.45, 7) is 4.08. The number of nitrogens with zero attached hydrogens (tertiary/aromatic N) is 2. The van der Waals surface area contributed by atoms with E-state index in [1.54, 1.807) is 4.57 Å². The van der Waals surface area contributed by atoms with Gasteiger partial charge in [0.05, 0.1) is 11.0 Å². The van der Waals surface area contributed by atoms with Gasteiger partial charge in [0, 0.05) is 0 Å². The molecule has 0 atom stereocenters. The van der Waals surface area contributed by atoms with Gasteiger partial charge in [-0.15, -0.1) is 0 Å². The summed E-state index contributed by atoms with van der Waals surface area (Å²) < 4.78 is 7.56. The van der Waals surface area contributed by atoms with Gasteiger partial charge in [-0.05, 0) is 43.2 Å². The highest BCUT2D eigenvalue weighted by Crippen LogP contribution is 2.22. The second-order valence-corrected chi connectivity index (χ2v) is 5.55. The number of ether oxygens (including phenoxy) is 1. The molecular weight excluding hydrogens is 292 g/mol. The van der Waals surface area contributed by atoms with Gasteiger partial charge in [0.1, 0.15) is 24.7 Å². The number of para-hydroxylation sites is 2. The molecule has 0 bridgehead atoms. The van der Waals surface area contributed by atoms with Crippen molar-refractivity contribution in [3.05, 3.63) is 59.4 Å². The van der Waals surface area contributed by atoms with E-state index in [0.717, 1.165) is 27.9 Å². The van der Waals surface area contributed by atoms with Crippen molar-refractivity contribution >= 4 is 17.0 Å². The fourth-order valence-electron chi connectivity index (χ4n) is 2.55. The predicted molar refractivity (Wildman–Crippen MR) is 87.6 cm³/mol. The number of carbonyl (C=O) groups is 1. The summed E-state index contributed by atoms with van der Waals surface area (Å²) in [5.41, 5.74) is 3.73. The number of hydrogen-bond acceptors (Lipinski definition) is 3. The maximum absolute atomic E-state index is 11.1. The summed E-state index contributed by atoms with van der Waals surface area (Å²) in [7, 11) is 0. The first kappa shape index (κ1) is 15.1. The molecule has 2 aromatic carbocycles. The Kier molecular flexibility index (Phi) is 4.02. The van der Waals surface area contributed by atoms with Crippen LogP contribution in [0.2, 0.25) is 0 Å². The molecule has 0 amide bonds. The zero-order valence-corrected chi connectivity index (χ0v) is 13.1. The number of aliphatic carboxylic acids is 1. The van der Waals surface area contributed by atoms with Gasteiger partial charge in [-0.25, -0.2) is 4.98 Å². The Balaban J connectivity index is 1.92. The molecule has 0 saturated carbocycles. The number of benzene rings is 2. The molecule has 0 aliphatic carbocycles. The molecule has 0 fully saturated rings. The Hall–Kier alpha value is -2.82. The summed E-state index contributed by atoms with van der Waals surface area (Å²) in [6.07, 6.45) is 0. The highest BCUT2D eigenvalue weighted by molar-refractivity contribution is 5.78. The molecule has 1 aromatic heterocycles. The average molecular weight is 310 g/mol. The van der Waals surface area contributed by atoms with Crippen molar-refractivity contribution < 1.29 is 14.6 Å². The number of fused-ring (bicyclic) bond motifs is 1. The van der Waals surface area contributed by atoms with Gasteiger partial charge < -0.3 is 14.4 Å². The highest BCUT2D eigenvalue weighted by atomic mass is 16.5. The Morgan fingerprint density at radius 2 is 2.00 bits per heavy atom. The zero-order chi connectivity index (χ0) is 16.4. The summed E-state index contributed by atoms with van der Waals surface area (Å²) >= 11 is 0. The highest BCUT2D eigenvalue weighted by Gasteiger charge is 2.14. The third-order valence-electron chi connectivity index (χ3n) is 3.73. The molecule has 0 spiro atoms. The van der Waals surface area contributed by atoms with Crippen LogP contribution in [0.5, 0.6) is 5.75 Å². The first-order valence-corrected chi connectivity index (χ1v) is 7.40. The Morgan fingerprint density at radius 3 is 2.78 bits per heavy atom. The molecule has 118 valence electrons. The maximum atomic E-state index is 11.1. The Bertz CT molecular complexity index is 868. The molecule has 0 radical (unpaired) electrons. The zero-order valence-electron chi connectivity index (χ0n) is 13.1. The first-order chi connectivity index (χ1) is 11.0. The largest absolute Gasteiger partial charge is 0.485 e. The minimum absolute atomic E-state index is 0.133. The van der Waals surface area contributed by atoms with Gasteiger partial charge in [-0.1, -0.05) is 24.3 Å². The van der Waals surface area contributed by atoms with Gasteiger partial charge in [-0.3, -0.25) is 4.79 Å². The molecule has 0 saturated heterocycles. The number of imidazole rings is 1. The SMILES string of the molecule is Cc1ccc(C)c(OCc2nc3ccccc3n2CC(=O)O)c1. The van der Waals surface area contributed by atoms with Crippen molar-refractivity contribution in [3.8, 4) is 5.75 Å². The normalized spacial score (nSPS) is 10.9. The summed E-state index contributed by atoms with van der Waals surface area (Å²) in [5, 5.41) is 9.15. The van der Waals surface area contributed by atoms with Crippen LogP contribution < -0.4 is 4.74 Å². The van der Waals surface area contributed by atoms with E-state index < -0.39 is 5.97 Å². The molecule has 0 unspecified atom stereocenters. The van der Waals surface area contributed by atoms with E-state index in [1.807, 2.05) is 56.3 Å². The van der Waals surface area contributed by atoms with Crippen LogP contribution in [-0.4, -0.2) is 20.6 Å². The van der Waals surface area contributed by atoms with Gasteiger partial charge in [0.2, 0.25) is 0 Å². The minimum atomic E-state index is -0.902. The Morgan fingerprint density at radius 1 is 1.22 bits per heavy atom. The fraction of sp³-hybridized carbons (Fsp3) is 0.222. The molecule has 23 heavy (non-hydrogen) atoms.